The fourth-order valence-electron chi connectivity index (χ4n) is 3.32. The molecule has 2 atom stereocenters. The Morgan fingerprint density at radius 1 is 1.24 bits per heavy atom. The Balaban J connectivity index is 2.30. The molecule has 2 rings (SSSR count). The molecule has 118 valence electrons. The lowest BCUT2D eigenvalue weighted by Crippen LogP contribution is -2.39. The summed E-state index contributed by atoms with van der Waals surface area (Å²) in [5.74, 6) is 0.552. The zero-order chi connectivity index (χ0) is 15.6. The van der Waals surface area contributed by atoms with Gasteiger partial charge < -0.3 is 10.6 Å². The number of benzene rings is 1. The van der Waals surface area contributed by atoms with Gasteiger partial charge in [-0.05, 0) is 42.5 Å². The van der Waals surface area contributed by atoms with Crippen LogP contribution in [0, 0.1) is 5.92 Å². The van der Waals surface area contributed by atoms with E-state index in [4.69, 9.17) is 5.73 Å². The van der Waals surface area contributed by atoms with Gasteiger partial charge in [-0.2, -0.15) is 13.2 Å². The minimum atomic E-state index is -4.32. The zero-order valence-corrected chi connectivity index (χ0v) is 12.6. The van der Waals surface area contributed by atoms with Crippen LogP contribution in [-0.2, 0) is 12.7 Å². The van der Waals surface area contributed by atoms with Crippen molar-refractivity contribution in [3.63, 3.8) is 0 Å². The molecular formula is C16H23F3N2. The molecule has 1 aromatic carbocycles. The molecular weight excluding hydrogens is 277 g/mol. The summed E-state index contributed by atoms with van der Waals surface area (Å²) in [5.41, 5.74) is 6.43. The number of hydrogen-bond acceptors (Lipinski definition) is 2. The maximum atomic E-state index is 12.8. The van der Waals surface area contributed by atoms with Crippen LogP contribution in [0.3, 0.4) is 0 Å². The van der Waals surface area contributed by atoms with Crippen LogP contribution in [0.25, 0.3) is 0 Å². The van der Waals surface area contributed by atoms with Crippen LogP contribution in [-0.4, -0.2) is 13.1 Å². The van der Waals surface area contributed by atoms with E-state index >= 15 is 0 Å². The molecule has 1 fully saturated rings. The number of rotatable bonds is 3. The van der Waals surface area contributed by atoms with Gasteiger partial charge in [0.2, 0.25) is 0 Å². The smallest absolute Gasteiger partial charge is 0.371 e. The number of halogens is 3. The van der Waals surface area contributed by atoms with Crippen molar-refractivity contribution >= 4 is 5.69 Å². The molecule has 0 bridgehead atoms. The summed E-state index contributed by atoms with van der Waals surface area (Å²) in [6, 6.07) is 4.27. The molecule has 1 aliphatic rings. The Labute approximate surface area is 124 Å². The van der Waals surface area contributed by atoms with Crippen molar-refractivity contribution in [2.45, 2.75) is 51.4 Å². The van der Waals surface area contributed by atoms with Crippen molar-refractivity contribution in [3.8, 4) is 0 Å². The first kappa shape index (κ1) is 16.1. The average molecular weight is 300 g/mol. The van der Waals surface area contributed by atoms with E-state index in [9.17, 15) is 13.2 Å². The van der Waals surface area contributed by atoms with Crippen LogP contribution in [0.5, 0.6) is 0 Å². The fourth-order valence-corrected chi connectivity index (χ4v) is 3.32. The Bertz CT molecular complexity index is 485. The molecule has 21 heavy (non-hydrogen) atoms. The van der Waals surface area contributed by atoms with Gasteiger partial charge >= 0.3 is 6.18 Å². The summed E-state index contributed by atoms with van der Waals surface area (Å²) < 4.78 is 38.4. The first-order valence-electron chi connectivity index (χ1n) is 7.47. The molecule has 0 radical (unpaired) electrons. The number of alkyl halides is 3. The molecule has 1 aromatic rings. The highest BCUT2D eigenvalue weighted by Crippen LogP contribution is 2.35. The summed E-state index contributed by atoms with van der Waals surface area (Å²) in [6.07, 6.45) is 0.357. The van der Waals surface area contributed by atoms with Crippen molar-refractivity contribution in [1.29, 1.82) is 0 Å². The van der Waals surface area contributed by atoms with E-state index in [-0.39, 0.29) is 6.54 Å². The molecule has 0 spiro atoms. The van der Waals surface area contributed by atoms with Crippen molar-refractivity contribution in [2.75, 3.05) is 11.9 Å². The van der Waals surface area contributed by atoms with Gasteiger partial charge in [-0.3, -0.25) is 0 Å². The van der Waals surface area contributed by atoms with E-state index in [1.165, 1.54) is 25.3 Å². The molecule has 1 saturated carbocycles. The highest BCUT2D eigenvalue weighted by atomic mass is 19.4. The molecule has 2 unspecified atom stereocenters. The van der Waals surface area contributed by atoms with Gasteiger partial charge in [-0.1, -0.05) is 19.8 Å². The SMILES string of the molecule is CC1CCCCC1N(C)c1ccc(C(F)(F)F)cc1CN. The van der Waals surface area contributed by atoms with Gasteiger partial charge in [-0.15, -0.1) is 0 Å². The average Bonchev–Trinajstić information content (AvgIpc) is 2.45. The third kappa shape index (κ3) is 3.51. The van der Waals surface area contributed by atoms with Crippen molar-refractivity contribution in [3.05, 3.63) is 29.3 Å². The van der Waals surface area contributed by atoms with Gasteiger partial charge in [0.05, 0.1) is 5.56 Å². The summed E-state index contributed by atoms with van der Waals surface area (Å²) in [5, 5.41) is 0. The quantitative estimate of drug-likeness (QED) is 0.907. The lowest BCUT2D eigenvalue weighted by molar-refractivity contribution is -0.137. The Morgan fingerprint density at radius 2 is 1.90 bits per heavy atom. The molecule has 2 nitrogen and oxygen atoms in total. The molecule has 0 amide bonds. The zero-order valence-electron chi connectivity index (χ0n) is 12.6. The van der Waals surface area contributed by atoms with Crippen LogP contribution < -0.4 is 10.6 Å². The summed E-state index contributed by atoms with van der Waals surface area (Å²) >= 11 is 0. The lowest BCUT2D eigenvalue weighted by Gasteiger charge is -2.38. The minimum absolute atomic E-state index is 0.116. The standard InChI is InChI=1S/C16H23F3N2/c1-11-5-3-4-6-14(11)21(2)15-8-7-13(16(17,18)19)9-12(15)10-20/h7-9,11,14H,3-6,10,20H2,1-2H3. The second-order valence-electron chi connectivity index (χ2n) is 5.99. The van der Waals surface area contributed by atoms with Crippen LogP contribution in [0.2, 0.25) is 0 Å². The topological polar surface area (TPSA) is 29.3 Å². The minimum Gasteiger partial charge on any atom is -0.371 e. The van der Waals surface area contributed by atoms with Crippen molar-refractivity contribution in [2.24, 2.45) is 11.7 Å². The molecule has 2 N–H and O–H groups in total. The largest absolute Gasteiger partial charge is 0.416 e. The van der Waals surface area contributed by atoms with Gasteiger partial charge in [0.25, 0.3) is 0 Å². The number of nitrogens with zero attached hydrogens (tertiary/aromatic N) is 1. The summed E-state index contributed by atoms with van der Waals surface area (Å²) in [7, 11) is 1.97. The molecule has 0 aliphatic heterocycles. The van der Waals surface area contributed by atoms with Crippen LogP contribution in [0.1, 0.15) is 43.7 Å². The van der Waals surface area contributed by atoms with E-state index in [0.29, 0.717) is 17.5 Å². The monoisotopic (exact) mass is 300 g/mol. The van der Waals surface area contributed by atoms with E-state index in [1.807, 2.05) is 7.05 Å². The lowest BCUT2D eigenvalue weighted by atomic mass is 9.84. The van der Waals surface area contributed by atoms with Gasteiger partial charge in [0.1, 0.15) is 0 Å². The van der Waals surface area contributed by atoms with Crippen LogP contribution in [0.15, 0.2) is 18.2 Å². The van der Waals surface area contributed by atoms with Crippen LogP contribution >= 0.6 is 0 Å². The molecule has 0 aromatic heterocycles. The van der Waals surface area contributed by atoms with Crippen molar-refractivity contribution in [1.82, 2.24) is 0 Å². The van der Waals surface area contributed by atoms with Gasteiger partial charge in [0.15, 0.2) is 0 Å². The van der Waals surface area contributed by atoms with Crippen molar-refractivity contribution < 1.29 is 13.2 Å². The fraction of sp³-hybridized carbons (Fsp3) is 0.625. The van der Waals surface area contributed by atoms with Crippen LogP contribution in [0.4, 0.5) is 18.9 Å². The maximum Gasteiger partial charge on any atom is 0.416 e. The highest BCUT2D eigenvalue weighted by Gasteiger charge is 2.32. The third-order valence-electron chi connectivity index (χ3n) is 4.57. The van der Waals surface area contributed by atoms with Gasteiger partial charge in [0, 0.05) is 25.3 Å². The number of anilines is 1. The summed E-state index contributed by atoms with van der Waals surface area (Å²) in [6.45, 7) is 2.33. The predicted octanol–water partition coefficient (Wildman–Crippen LogP) is 4.18. The first-order chi connectivity index (χ1) is 9.84. The second kappa shape index (κ2) is 6.26. The number of hydrogen-bond donors (Lipinski definition) is 1. The van der Waals surface area contributed by atoms with E-state index in [1.54, 1.807) is 6.07 Å². The molecule has 1 aliphatic carbocycles. The maximum absolute atomic E-state index is 12.8. The molecule has 0 heterocycles. The normalized spacial score (nSPS) is 23.1. The first-order valence-corrected chi connectivity index (χ1v) is 7.47. The number of nitrogens with two attached hydrogens (primary N) is 1. The summed E-state index contributed by atoms with van der Waals surface area (Å²) in [4.78, 5) is 2.12. The Morgan fingerprint density at radius 3 is 2.48 bits per heavy atom. The molecule has 0 saturated heterocycles. The third-order valence-corrected chi connectivity index (χ3v) is 4.57. The predicted molar refractivity (Wildman–Crippen MR) is 79.2 cm³/mol. The van der Waals surface area contributed by atoms with E-state index in [0.717, 1.165) is 18.2 Å². The molecule has 5 heteroatoms. The van der Waals surface area contributed by atoms with Gasteiger partial charge in [-0.25, -0.2) is 0 Å². The van der Waals surface area contributed by atoms with E-state index in [2.05, 4.69) is 11.8 Å². The highest BCUT2D eigenvalue weighted by molar-refractivity contribution is 5.55. The Kier molecular flexibility index (Phi) is 4.81. The van der Waals surface area contributed by atoms with E-state index < -0.39 is 11.7 Å². The second-order valence-corrected chi connectivity index (χ2v) is 5.99. The Hall–Kier alpha value is -1.23.